The second-order valence-electron chi connectivity index (χ2n) is 7.58. The third kappa shape index (κ3) is 3.32. The Hall–Kier alpha value is -2.97. The van der Waals surface area contributed by atoms with E-state index in [1.807, 2.05) is 19.1 Å². The average Bonchev–Trinajstić information content (AvgIpc) is 3.40. The predicted octanol–water partition coefficient (Wildman–Crippen LogP) is 3.82. The first kappa shape index (κ1) is 19.0. The Morgan fingerprint density at radius 1 is 1.13 bits per heavy atom. The largest absolute Gasteiger partial charge is 0.495 e. The molecule has 0 bridgehead atoms. The van der Waals surface area contributed by atoms with Gasteiger partial charge in [-0.3, -0.25) is 5.10 Å². The molecule has 0 radical (unpaired) electrons. The van der Waals surface area contributed by atoms with Gasteiger partial charge in [0.1, 0.15) is 11.4 Å². The van der Waals surface area contributed by atoms with Crippen molar-refractivity contribution in [2.24, 2.45) is 0 Å². The number of pyridine rings is 1. The second kappa shape index (κ2) is 7.70. The van der Waals surface area contributed by atoms with Crippen molar-refractivity contribution in [2.75, 3.05) is 45.2 Å². The van der Waals surface area contributed by atoms with Gasteiger partial charge in [-0.05, 0) is 38.2 Å². The number of likely N-dealkylation sites (N-methyl/N-ethyl adjacent to an activating group) is 1. The number of piperazine rings is 1. The Balaban J connectivity index is 1.63. The van der Waals surface area contributed by atoms with Gasteiger partial charge >= 0.3 is 0 Å². The fourth-order valence-corrected chi connectivity index (χ4v) is 4.61. The molecule has 0 unspecified atom stereocenters. The van der Waals surface area contributed by atoms with Crippen molar-refractivity contribution in [3.63, 3.8) is 0 Å². The Morgan fingerprint density at radius 2 is 1.97 bits per heavy atom. The molecule has 0 spiro atoms. The quantitative estimate of drug-likeness (QED) is 0.541. The van der Waals surface area contributed by atoms with E-state index in [-0.39, 0.29) is 0 Å². The number of aromatic nitrogens is 4. The number of anilines is 1. The van der Waals surface area contributed by atoms with Gasteiger partial charge in [0.2, 0.25) is 0 Å². The molecule has 0 atom stereocenters. The average molecular weight is 421 g/mol. The zero-order valence-corrected chi connectivity index (χ0v) is 18.2. The maximum absolute atomic E-state index is 5.68. The molecule has 0 amide bonds. The van der Waals surface area contributed by atoms with Crippen molar-refractivity contribution in [1.82, 2.24) is 25.1 Å². The normalized spacial score (nSPS) is 15.1. The van der Waals surface area contributed by atoms with Crippen LogP contribution < -0.4 is 9.64 Å². The number of thiazole rings is 1. The van der Waals surface area contributed by atoms with Crippen LogP contribution in [0.15, 0.2) is 35.8 Å². The molecule has 1 saturated heterocycles. The van der Waals surface area contributed by atoms with Crippen LogP contribution in [-0.4, -0.2) is 65.4 Å². The van der Waals surface area contributed by atoms with Crippen molar-refractivity contribution in [3.05, 3.63) is 40.8 Å². The number of hydrogen-bond acceptors (Lipinski definition) is 7. The van der Waals surface area contributed by atoms with Gasteiger partial charge in [0.25, 0.3) is 0 Å². The molecule has 1 aliphatic rings. The number of benzene rings is 1. The summed E-state index contributed by atoms with van der Waals surface area (Å²) in [4.78, 5) is 13.9. The van der Waals surface area contributed by atoms with Gasteiger partial charge in [-0.15, -0.1) is 11.3 Å². The molecule has 1 fully saturated rings. The number of hydrogen-bond donors (Lipinski definition) is 1. The molecule has 154 valence electrons. The van der Waals surface area contributed by atoms with E-state index < -0.39 is 0 Å². The SMILES string of the molecule is COc1ccc(-c2n[nH]c3nccc(-c4csc(C)n4)c23)cc1N1CCN(C)CC1. The van der Waals surface area contributed by atoms with E-state index >= 15 is 0 Å². The van der Waals surface area contributed by atoms with Gasteiger partial charge < -0.3 is 14.5 Å². The topological polar surface area (TPSA) is 70.2 Å². The van der Waals surface area contributed by atoms with Crippen molar-refractivity contribution in [1.29, 1.82) is 0 Å². The fraction of sp³-hybridized carbons (Fsp3) is 0.318. The number of methoxy groups -OCH3 is 1. The molecular weight excluding hydrogens is 396 g/mol. The third-order valence-corrected chi connectivity index (χ3v) is 6.43. The van der Waals surface area contributed by atoms with Crippen molar-refractivity contribution in [2.45, 2.75) is 6.92 Å². The predicted molar refractivity (Wildman–Crippen MR) is 121 cm³/mol. The number of aromatic amines is 1. The van der Waals surface area contributed by atoms with Crippen LogP contribution in [0.25, 0.3) is 33.5 Å². The maximum atomic E-state index is 5.68. The minimum Gasteiger partial charge on any atom is -0.495 e. The molecule has 4 aromatic rings. The molecule has 30 heavy (non-hydrogen) atoms. The fourth-order valence-electron chi connectivity index (χ4n) is 3.99. The summed E-state index contributed by atoms with van der Waals surface area (Å²) in [6.07, 6.45) is 1.80. The first-order chi connectivity index (χ1) is 14.6. The lowest BCUT2D eigenvalue weighted by atomic mass is 10.0. The Kier molecular flexibility index (Phi) is 4.88. The molecule has 1 aliphatic heterocycles. The third-order valence-electron chi connectivity index (χ3n) is 5.65. The summed E-state index contributed by atoms with van der Waals surface area (Å²) in [5, 5.41) is 11.9. The summed E-state index contributed by atoms with van der Waals surface area (Å²) in [7, 11) is 3.89. The number of H-pyrrole nitrogens is 1. The summed E-state index contributed by atoms with van der Waals surface area (Å²) in [6, 6.07) is 8.30. The van der Waals surface area contributed by atoms with E-state index in [0.717, 1.165) is 76.2 Å². The molecular formula is C22H24N6OS. The van der Waals surface area contributed by atoms with Gasteiger partial charge in [-0.25, -0.2) is 9.97 Å². The van der Waals surface area contributed by atoms with E-state index in [2.05, 4.69) is 54.5 Å². The van der Waals surface area contributed by atoms with Crippen molar-refractivity contribution >= 4 is 28.1 Å². The van der Waals surface area contributed by atoms with E-state index in [0.29, 0.717) is 0 Å². The van der Waals surface area contributed by atoms with Crippen molar-refractivity contribution in [3.8, 4) is 28.3 Å². The summed E-state index contributed by atoms with van der Waals surface area (Å²) in [5.41, 5.74) is 5.80. The van der Waals surface area contributed by atoms with Crippen LogP contribution in [0.3, 0.4) is 0 Å². The Bertz CT molecular complexity index is 1190. The van der Waals surface area contributed by atoms with E-state index in [9.17, 15) is 0 Å². The van der Waals surface area contributed by atoms with Crippen LogP contribution in [0.1, 0.15) is 5.01 Å². The standard InChI is InChI=1S/C22H24N6OS/c1-14-24-17(13-30-14)16-6-7-23-22-20(16)21(25-26-22)15-4-5-19(29-3)18(12-15)28-10-8-27(2)9-11-28/h4-7,12-13H,8-11H2,1-3H3,(H,23,25,26). The Labute approximate surface area is 179 Å². The van der Waals surface area contributed by atoms with Crippen LogP contribution >= 0.6 is 11.3 Å². The first-order valence-electron chi connectivity index (χ1n) is 10.0. The highest BCUT2D eigenvalue weighted by atomic mass is 32.1. The molecule has 3 aromatic heterocycles. The zero-order valence-electron chi connectivity index (χ0n) is 17.3. The number of aryl methyl sites for hydroxylation is 1. The molecule has 0 aliphatic carbocycles. The molecule has 4 heterocycles. The lowest BCUT2D eigenvalue weighted by Gasteiger charge is -2.34. The summed E-state index contributed by atoms with van der Waals surface area (Å²) >= 11 is 1.65. The van der Waals surface area contributed by atoms with Crippen LogP contribution in [0.4, 0.5) is 5.69 Å². The summed E-state index contributed by atoms with van der Waals surface area (Å²) < 4.78 is 5.68. The first-order valence-corrected chi connectivity index (χ1v) is 10.9. The van der Waals surface area contributed by atoms with Gasteiger partial charge in [0.05, 0.1) is 28.9 Å². The molecule has 7 nitrogen and oxygen atoms in total. The molecule has 0 saturated carbocycles. The van der Waals surface area contributed by atoms with Gasteiger partial charge in [0.15, 0.2) is 5.65 Å². The molecule has 5 rings (SSSR count). The summed E-state index contributed by atoms with van der Waals surface area (Å²) in [6.45, 7) is 6.05. The van der Waals surface area contributed by atoms with E-state index in [1.54, 1.807) is 24.6 Å². The minimum atomic E-state index is 0.769. The minimum absolute atomic E-state index is 0.769. The number of nitrogens with zero attached hydrogens (tertiary/aromatic N) is 5. The maximum Gasteiger partial charge on any atom is 0.156 e. The highest BCUT2D eigenvalue weighted by Crippen LogP contribution is 2.38. The number of rotatable bonds is 4. The van der Waals surface area contributed by atoms with Crippen LogP contribution in [0, 0.1) is 6.92 Å². The van der Waals surface area contributed by atoms with E-state index in [1.165, 1.54) is 0 Å². The van der Waals surface area contributed by atoms with Crippen LogP contribution in [-0.2, 0) is 0 Å². The molecule has 1 aromatic carbocycles. The van der Waals surface area contributed by atoms with Gasteiger partial charge in [0, 0.05) is 48.9 Å². The van der Waals surface area contributed by atoms with Crippen LogP contribution in [0.2, 0.25) is 0 Å². The van der Waals surface area contributed by atoms with Crippen LogP contribution in [0.5, 0.6) is 5.75 Å². The summed E-state index contributed by atoms with van der Waals surface area (Å²) in [5.74, 6) is 0.886. The monoisotopic (exact) mass is 420 g/mol. The molecule has 8 heteroatoms. The molecule has 1 N–H and O–H groups in total. The van der Waals surface area contributed by atoms with Gasteiger partial charge in [-0.2, -0.15) is 5.10 Å². The highest BCUT2D eigenvalue weighted by molar-refractivity contribution is 7.09. The lowest BCUT2D eigenvalue weighted by Crippen LogP contribution is -2.44. The number of fused-ring (bicyclic) bond motifs is 1. The zero-order chi connectivity index (χ0) is 20.7. The second-order valence-corrected chi connectivity index (χ2v) is 8.65. The van der Waals surface area contributed by atoms with Crippen molar-refractivity contribution < 1.29 is 4.74 Å². The lowest BCUT2D eigenvalue weighted by molar-refractivity contribution is 0.311. The smallest absolute Gasteiger partial charge is 0.156 e. The Morgan fingerprint density at radius 3 is 2.70 bits per heavy atom. The number of nitrogens with one attached hydrogen (secondary N) is 1. The van der Waals surface area contributed by atoms with E-state index in [4.69, 9.17) is 4.74 Å². The highest BCUT2D eigenvalue weighted by Gasteiger charge is 2.21. The number of ether oxygens (including phenoxy) is 1. The van der Waals surface area contributed by atoms with Gasteiger partial charge in [-0.1, -0.05) is 0 Å².